The number of rotatable bonds is 6. The van der Waals surface area contributed by atoms with Crippen LogP contribution in [0.3, 0.4) is 0 Å². The van der Waals surface area contributed by atoms with Gasteiger partial charge in [0.25, 0.3) is 0 Å². The zero-order valence-electron chi connectivity index (χ0n) is 12.3. The maximum Gasteiger partial charge on any atom is 0.246 e. The van der Waals surface area contributed by atoms with Crippen LogP contribution in [-0.4, -0.2) is 34.8 Å². The monoisotopic (exact) mass is 266 g/mol. The van der Waals surface area contributed by atoms with Crippen LogP contribution < -0.4 is 5.32 Å². The number of hydrogen-bond donors (Lipinski definition) is 1. The van der Waals surface area contributed by atoms with Gasteiger partial charge >= 0.3 is 0 Å². The van der Waals surface area contributed by atoms with Crippen LogP contribution in [0.4, 0.5) is 0 Å². The van der Waals surface area contributed by atoms with Crippen LogP contribution >= 0.6 is 0 Å². The first kappa shape index (κ1) is 14.4. The van der Waals surface area contributed by atoms with Crippen molar-refractivity contribution in [1.29, 1.82) is 0 Å². The number of hydrogen-bond acceptors (Lipinski definition) is 2. The third kappa shape index (κ3) is 2.93. The predicted molar refractivity (Wildman–Crippen MR) is 74.6 cm³/mol. The van der Waals surface area contributed by atoms with E-state index in [9.17, 15) is 9.59 Å². The first-order valence-corrected chi connectivity index (χ1v) is 7.72. The molecule has 2 fully saturated rings. The van der Waals surface area contributed by atoms with Crippen molar-refractivity contribution < 1.29 is 9.59 Å². The van der Waals surface area contributed by atoms with Crippen molar-refractivity contribution in [2.45, 2.75) is 77.4 Å². The average Bonchev–Trinajstić information content (AvgIpc) is 3.17. The summed E-state index contributed by atoms with van der Waals surface area (Å²) in [5.74, 6) is 0.605. The van der Waals surface area contributed by atoms with Crippen molar-refractivity contribution in [3.05, 3.63) is 0 Å². The fourth-order valence-electron chi connectivity index (χ4n) is 3.15. The fraction of sp³-hybridized carbons (Fsp3) is 0.867. The molecular formula is C15H26N2O2. The lowest BCUT2D eigenvalue weighted by Crippen LogP contribution is -2.66. The molecule has 0 radical (unpaired) electrons. The molecule has 1 N–H and O–H groups in total. The van der Waals surface area contributed by atoms with Crippen LogP contribution in [-0.2, 0) is 9.59 Å². The third-order valence-corrected chi connectivity index (χ3v) is 4.26. The van der Waals surface area contributed by atoms with Gasteiger partial charge in [-0.1, -0.05) is 26.7 Å². The highest BCUT2D eigenvalue weighted by Gasteiger charge is 2.48. The Balaban J connectivity index is 2.18. The minimum absolute atomic E-state index is 0.0727. The molecule has 0 bridgehead atoms. The SMILES string of the molecule is CCCC1NC(=O)C(C2CC2)N(C(C)CCC)C1=O. The summed E-state index contributed by atoms with van der Waals surface area (Å²) in [5.41, 5.74) is 0. The normalized spacial score (nSPS) is 29.3. The maximum absolute atomic E-state index is 12.6. The van der Waals surface area contributed by atoms with Crippen molar-refractivity contribution in [3.8, 4) is 0 Å². The summed E-state index contributed by atoms with van der Waals surface area (Å²) < 4.78 is 0. The number of nitrogens with zero attached hydrogens (tertiary/aromatic N) is 1. The van der Waals surface area contributed by atoms with E-state index < -0.39 is 0 Å². The van der Waals surface area contributed by atoms with E-state index in [1.165, 1.54) is 0 Å². The lowest BCUT2D eigenvalue weighted by molar-refractivity contribution is -0.153. The van der Waals surface area contributed by atoms with Gasteiger partial charge in [0, 0.05) is 6.04 Å². The molecule has 19 heavy (non-hydrogen) atoms. The van der Waals surface area contributed by atoms with Crippen LogP contribution in [0.2, 0.25) is 0 Å². The predicted octanol–water partition coefficient (Wildman–Crippen LogP) is 2.08. The molecule has 1 heterocycles. The Bertz CT molecular complexity index is 352. The van der Waals surface area contributed by atoms with Gasteiger partial charge in [0.1, 0.15) is 12.1 Å². The molecule has 1 saturated carbocycles. The molecule has 108 valence electrons. The number of piperazine rings is 1. The van der Waals surface area contributed by atoms with Crippen LogP contribution in [0.5, 0.6) is 0 Å². The second-order valence-corrected chi connectivity index (χ2v) is 6.02. The van der Waals surface area contributed by atoms with E-state index in [2.05, 4.69) is 19.2 Å². The molecule has 1 aliphatic heterocycles. The molecule has 0 aromatic carbocycles. The Kier molecular flexibility index (Phi) is 4.48. The average molecular weight is 266 g/mol. The minimum atomic E-state index is -0.299. The first-order valence-electron chi connectivity index (χ1n) is 7.72. The summed E-state index contributed by atoms with van der Waals surface area (Å²) in [6.45, 7) is 6.26. The van der Waals surface area contributed by atoms with Crippen LogP contribution in [0.25, 0.3) is 0 Å². The van der Waals surface area contributed by atoms with Crippen LogP contribution in [0, 0.1) is 5.92 Å². The summed E-state index contributed by atoms with van der Waals surface area (Å²) in [6.07, 6.45) is 5.85. The number of nitrogens with one attached hydrogen (secondary N) is 1. The minimum Gasteiger partial charge on any atom is -0.342 e. The van der Waals surface area contributed by atoms with E-state index >= 15 is 0 Å². The quantitative estimate of drug-likeness (QED) is 0.800. The highest BCUT2D eigenvalue weighted by molar-refractivity contribution is 5.97. The molecule has 1 saturated heterocycles. The lowest BCUT2D eigenvalue weighted by atomic mass is 9.97. The van der Waals surface area contributed by atoms with Gasteiger partial charge in [0.2, 0.25) is 11.8 Å². The summed E-state index contributed by atoms with van der Waals surface area (Å²) >= 11 is 0. The zero-order valence-corrected chi connectivity index (χ0v) is 12.3. The summed E-state index contributed by atoms with van der Waals surface area (Å²) in [4.78, 5) is 26.9. The summed E-state index contributed by atoms with van der Waals surface area (Å²) in [7, 11) is 0. The van der Waals surface area contributed by atoms with Crippen LogP contribution in [0.1, 0.15) is 59.3 Å². The number of amides is 2. The number of carbonyl (C=O) groups is 2. The highest BCUT2D eigenvalue weighted by atomic mass is 16.2. The van der Waals surface area contributed by atoms with Crippen molar-refractivity contribution in [3.63, 3.8) is 0 Å². The van der Waals surface area contributed by atoms with Gasteiger partial charge in [-0.05, 0) is 38.5 Å². The van der Waals surface area contributed by atoms with Crippen LogP contribution in [0.15, 0.2) is 0 Å². The molecule has 0 spiro atoms. The molecule has 3 unspecified atom stereocenters. The summed E-state index contributed by atoms with van der Waals surface area (Å²) in [5, 5.41) is 2.94. The van der Waals surface area contributed by atoms with Gasteiger partial charge in [0.15, 0.2) is 0 Å². The Morgan fingerprint density at radius 1 is 1.26 bits per heavy atom. The zero-order chi connectivity index (χ0) is 14.0. The fourth-order valence-corrected chi connectivity index (χ4v) is 3.15. The van der Waals surface area contributed by atoms with Crippen molar-refractivity contribution in [2.24, 2.45) is 5.92 Å². The highest BCUT2D eigenvalue weighted by Crippen LogP contribution is 2.38. The Hall–Kier alpha value is -1.06. The van der Waals surface area contributed by atoms with E-state index in [0.717, 1.165) is 38.5 Å². The maximum atomic E-state index is 12.6. The van der Waals surface area contributed by atoms with E-state index in [-0.39, 0.29) is 29.9 Å². The topological polar surface area (TPSA) is 49.4 Å². The molecule has 4 heteroatoms. The summed E-state index contributed by atoms with van der Waals surface area (Å²) in [6, 6.07) is -0.331. The molecule has 2 rings (SSSR count). The van der Waals surface area contributed by atoms with E-state index in [4.69, 9.17) is 0 Å². The van der Waals surface area contributed by atoms with E-state index in [1.54, 1.807) is 0 Å². The van der Waals surface area contributed by atoms with Gasteiger partial charge < -0.3 is 10.2 Å². The van der Waals surface area contributed by atoms with Gasteiger partial charge in [-0.3, -0.25) is 9.59 Å². The van der Waals surface area contributed by atoms with E-state index in [1.807, 2.05) is 11.8 Å². The van der Waals surface area contributed by atoms with Gasteiger partial charge in [-0.25, -0.2) is 0 Å². The largest absolute Gasteiger partial charge is 0.342 e. The standard InChI is InChI=1S/C15H26N2O2/c1-4-6-10(3)17-13(11-8-9-11)14(18)16-12(7-5-2)15(17)19/h10-13H,4-9H2,1-3H3,(H,16,18). The van der Waals surface area contributed by atoms with E-state index in [0.29, 0.717) is 5.92 Å². The molecule has 2 aliphatic rings. The molecular weight excluding hydrogens is 240 g/mol. The molecule has 1 aliphatic carbocycles. The second-order valence-electron chi connectivity index (χ2n) is 6.02. The first-order chi connectivity index (χ1) is 9.10. The Morgan fingerprint density at radius 2 is 1.95 bits per heavy atom. The molecule has 4 nitrogen and oxygen atoms in total. The van der Waals surface area contributed by atoms with Crippen molar-refractivity contribution in [1.82, 2.24) is 10.2 Å². The van der Waals surface area contributed by atoms with Gasteiger partial charge in [-0.2, -0.15) is 0 Å². The Labute approximate surface area is 115 Å². The molecule has 3 atom stereocenters. The molecule has 0 aromatic rings. The number of carbonyl (C=O) groups excluding carboxylic acids is 2. The second kappa shape index (κ2) is 5.93. The lowest BCUT2D eigenvalue weighted by Gasteiger charge is -2.42. The van der Waals surface area contributed by atoms with Gasteiger partial charge in [-0.15, -0.1) is 0 Å². The molecule has 2 amide bonds. The van der Waals surface area contributed by atoms with Gasteiger partial charge in [0.05, 0.1) is 0 Å². The molecule has 0 aromatic heterocycles. The third-order valence-electron chi connectivity index (χ3n) is 4.26. The smallest absolute Gasteiger partial charge is 0.246 e. The Morgan fingerprint density at radius 3 is 2.47 bits per heavy atom. The van der Waals surface area contributed by atoms with Crippen molar-refractivity contribution >= 4 is 11.8 Å². The van der Waals surface area contributed by atoms with Crippen molar-refractivity contribution in [2.75, 3.05) is 0 Å².